The molecule has 10 nitrogen and oxygen atoms in total. The van der Waals surface area contributed by atoms with E-state index in [0.29, 0.717) is 13.1 Å². The van der Waals surface area contributed by atoms with Crippen LogP contribution in [0.4, 0.5) is 10.5 Å². The normalized spacial score (nSPS) is 20.9. The summed E-state index contributed by atoms with van der Waals surface area (Å²) in [6.45, 7) is 10.3. The third kappa shape index (κ3) is 7.63. The number of nitrogens with zero attached hydrogens (tertiary/aromatic N) is 2. The van der Waals surface area contributed by atoms with Crippen LogP contribution in [0.2, 0.25) is 0 Å². The van der Waals surface area contributed by atoms with E-state index in [1.807, 2.05) is 34.6 Å². The first-order valence-electron chi connectivity index (χ1n) is 13.0. The van der Waals surface area contributed by atoms with Crippen LogP contribution in [0.1, 0.15) is 43.6 Å². The summed E-state index contributed by atoms with van der Waals surface area (Å²) in [7, 11) is -0.588. The molecule has 2 N–H and O–H groups in total. The van der Waals surface area contributed by atoms with Gasteiger partial charge in [0, 0.05) is 45.3 Å². The number of urea groups is 1. The highest BCUT2D eigenvalue weighted by molar-refractivity contribution is 7.92. The lowest BCUT2D eigenvalue weighted by Gasteiger charge is -2.36. The molecule has 1 aliphatic heterocycles. The molecule has 11 heteroatoms. The van der Waals surface area contributed by atoms with Crippen LogP contribution in [0.15, 0.2) is 47.4 Å². The number of methoxy groups -OCH3 is 1. The smallest absolute Gasteiger partial charge is 0.317 e. The first-order chi connectivity index (χ1) is 18.3. The van der Waals surface area contributed by atoms with Gasteiger partial charge in [0.25, 0.3) is 15.9 Å². The van der Waals surface area contributed by atoms with E-state index in [1.54, 1.807) is 42.2 Å². The molecule has 39 heavy (non-hydrogen) atoms. The van der Waals surface area contributed by atoms with E-state index in [2.05, 4.69) is 10.0 Å². The second-order valence-corrected chi connectivity index (χ2v) is 12.2. The quantitative estimate of drug-likeness (QED) is 0.576. The number of sulfonamides is 1. The van der Waals surface area contributed by atoms with Gasteiger partial charge in [-0.05, 0) is 52.0 Å². The van der Waals surface area contributed by atoms with Gasteiger partial charge in [-0.2, -0.15) is 0 Å². The van der Waals surface area contributed by atoms with E-state index in [0.717, 1.165) is 5.56 Å². The number of likely N-dealkylation sites (N-methyl/N-ethyl adjacent to an activating group) is 1. The van der Waals surface area contributed by atoms with Crippen LogP contribution >= 0.6 is 0 Å². The van der Waals surface area contributed by atoms with Crippen molar-refractivity contribution in [1.29, 1.82) is 0 Å². The van der Waals surface area contributed by atoms with Crippen LogP contribution in [0.5, 0.6) is 5.75 Å². The van der Waals surface area contributed by atoms with Gasteiger partial charge in [-0.3, -0.25) is 9.52 Å². The van der Waals surface area contributed by atoms with Crippen molar-refractivity contribution in [2.24, 2.45) is 5.92 Å². The first-order valence-corrected chi connectivity index (χ1v) is 14.5. The number of hydrogen-bond donors (Lipinski definition) is 2. The highest BCUT2D eigenvalue weighted by Gasteiger charge is 2.30. The van der Waals surface area contributed by atoms with Crippen molar-refractivity contribution in [2.75, 3.05) is 38.6 Å². The maximum atomic E-state index is 13.4. The molecule has 0 spiro atoms. The van der Waals surface area contributed by atoms with E-state index in [4.69, 9.17) is 9.47 Å². The molecule has 2 aromatic carbocycles. The zero-order valence-electron chi connectivity index (χ0n) is 23.7. The summed E-state index contributed by atoms with van der Waals surface area (Å²) in [5.74, 6) is -0.132. The Morgan fingerprint density at radius 1 is 1.10 bits per heavy atom. The third-order valence-electron chi connectivity index (χ3n) is 6.70. The van der Waals surface area contributed by atoms with Crippen LogP contribution in [0.3, 0.4) is 0 Å². The molecule has 0 bridgehead atoms. The van der Waals surface area contributed by atoms with Crippen molar-refractivity contribution in [2.45, 2.75) is 57.7 Å². The fraction of sp³-hybridized carbons (Fsp3) is 0.500. The molecule has 3 amide bonds. The molecule has 0 saturated heterocycles. The Balaban J connectivity index is 1.97. The largest absolute Gasteiger partial charge is 0.491 e. The van der Waals surface area contributed by atoms with Gasteiger partial charge >= 0.3 is 6.03 Å². The topological polar surface area (TPSA) is 117 Å². The third-order valence-corrected chi connectivity index (χ3v) is 8.10. The zero-order chi connectivity index (χ0) is 28.9. The van der Waals surface area contributed by atoms with Gasteiger partial charge in [0.15, 0.2) is 0 Å². The Hall–Kier alpha value is -3.31. The first kappa shape index (κ1) is 30.2. The lowest BCUT2D eigenvalue weighted by atomic mass is 10.0. The van der Waals surface area contributed by atoms with E-state index < -0.39 is 10.0 Å². The average Bonchev–Trinajstić information content (AvgIpc) is 2.87. The van der Waals surface area contributed by atoms with Crippen molar-refractivity contribution in [3.8, 4) is 5.75 Å². The zero-order valence-corrected chi connectivity index (χ0v) is 24.5. The number of nitrogens with one attached hydrogen (secondary N) is 2. The standard InChI is InChI=1S/C28H40N4O6S/c1-18(2)29-28(34)32-15-20(4)26(37-7)16-31(6)27(33)24-13-10-22(14-25(24)38-17-21(32)5)30-39(35,36)23-11-8-19(3)9-12-23/h8-14,18,20-21,26,30H,15-17H2,1-7H3,(H,29,34)/t20-,21-,26+/m0/s1. The molecule has 3 atom stereocenters. The molecule has 0 aliphatic carbocycles. The number of amides is 3. The van der Waals surface area contributed by atoms with Crippen molar-refractivity contribution in [1.82, 2.24) is 15.1 Å². The van der Waals surface area contributed by atoms with E-state index in [9.17, 15) is 18.0 Å². The predicted molar refractivity (Wildman–Crippen MR) is 151 cm³/mol. The van der Waals surface area contributed by atoms with E-state index in [-0.39, 0.29) is 64.5 Å². The highest BCUT2D eigenvalue weighted by atomic mass is 32.2. The predicted octanol–water partition coefficient (Wildman–Crippen LogP) is 3.72. The summed E-state index contributed by atoms with van der Waals surface area (Å²) in [6, 6.07) is 10.5. The number of anilines is 1. The van der Waals surface area contributed by atoms with Gasteiger partial charge in [0.05, 0.1) is 28.3 Å². The molecular formula is C28H40N4O6S. The summed E-state index contributed by atoms with van der Waals surface area (Å²) in [6.07, 6.45) is -0.315. The molecule has 0 aromatic heterocycles. The van der Waals surface area contributed by atoms with Crippen LogP contribution in [0, 0.1) is 12.8 Å². The number of ether oxygens (including phenoxy) is 2. The van der Waals surface area contributed by atoms with Crippen LogP contribution in [-0.2, 0) is 14.8 Å². The van der Waals surface area contributed by atoms with E-state index >= 15 is 0 Å². The Bertz CT molecular complexity index is 1270. The Labute approximate surface area is 231 Å². The minimum atomic E-state index is -3.86. The lowest BCUT2D eigenvalue weighted by molar-refractivity contribution is 0.0165. The number of carbonyl (C=O) groups excluding carboxylic acids is 2. The van der Waals surface area contributed by atoms with Crippen LogP contribution in [0.25, 0.3) is 0 Å². The second kappa shape index (κ2) is 12.7. The molecule has 1 aliphatic rings. The van der Waals surface area contributed by atoms with Crippen LogP contribution in [-0.4, -0.2) is 82.2 Å². The lowest BCUT2D eigenvalue weighted by Crippen LogP contribution is -2.52. The maximum absolute atomic E-state index is 13.4. The molecule has 1 heterocycles. The van der Waals surface area contributed by atoms with Gasteiger partial charge in [-0.1, -0.05) is 24.6 Å². The number of hydrogen-bond acceptors (Lipinski definition) is 6. The van der Waals surface area contributed by atoms with Crippen molar-refractivity contribution < 1.29 is 27.5 Å². The Kier molecular flexibility index (Phi) is 9.84. The summed E-state index contributed by atoms with van der Waals surface area (Å²) in [5.41, 5.74) is 1.48. The van der Waals surface area contributed by atoms with Gasteiger partial charge in [0.1, 0.15) is 12.4 Å². The molecule has 0 radical (unpaired) electrons. The fourth-order valence-electron chi connectivity index (χ4n) is 4.38. The SMILES string of the molecule is CO[C@@H]1CN(C)C(=O)c2ccc(NS(=O)(=O)c3ccc(C)cc3)cc2OC[C@H](C)N(C(=O)NC(C)C)C[C@@H]1C. The maximum Gasteiger partial charge on any atom is 0.317 e. The minimum absolute atomic E-state index is 0.0471. The highest BCUT2D eigenvalue weighted by Crippen LogP contribution is 2.28. The second-order valence-electron chi connectivity index (χ2n) is 10.5. The van der Waals surface area contributed by atoms with Gasteiger partial charge in [-0.15, -0.1) is 0 Å². The minimum Gasteiger partial charge on any atom is -0.491 e. The number of benzene rings is 2. The van der Waals surface area contributed by atoms with Gasteiger partial charge in [-0.25, -0.2) is 13.2 Å². The molecular weight excluding hydrogens is 520 g/mol. The summed E-state index contributed by atoms with van der Waals surface area (Å²) < 4.78 is 40.3. The number of rotatable bonds is 5. The van der Waals surface area contributed by atoms with Crippen molar-refractivity contribution in [3.05, 3.63) is 53.6 Å². The summed E-state index contributed by atoms with van der Waals surface area (Å²) in [5, 5.41) is 2.95. The van der Waals surface area contributed by atoms with Crippen molar-refractivity contribution in [3.63, 3.8) is 0 Å². The molecule has 0 saturated carbocycles. The number of carbonyl (C=O) groups is 2. The monoisotopic (exact) mass is 560 g/mol. The summed E-state index contributed by atoms with van der Waals surface area (Å²) in [4.78, 5) is 29.9. The molecule has 3 rings (SSSR count). The molecule has 0 fully saturated rings. The fourth-order valence-corrected chi connectivity index (χ4v) is 5.43. The van der Waals surface area contributed by atoms with Gasteiger partial charge in [0.2, 0.25) is 0 Å². The van der Waals surface area contributed by atoms with Gasteiger partial charge < -0.3 is 24.6 Å². The number of aryl methyl sites for hydroxylation is 1. The molecule has 0 unspecified atom stereocenters. The van der Waals surface area contributed by atoms with Crippen molar-refractivity contribution >= 4 is 27.6 Å². The Morgan fingerprint density at radius 3 is 2.38 bits per heavy atom. The molecule has 2 aromatic rings. The Morgan fingerprint density at radius 2 is 1.77 bits per heavy atom. The van der Waals surface area contributed by atoms with Crippen LogP contribution < -0.4 is 14.8 Å². The molecule has 214 valence electrons. The summed E-state index contributed by atoms with van der Waals surface area (Å²) >= 11 is 0. The van der Waals surface area contributed by atoms with E-state index in [1.165, 1.54) is 24.3 Å². The average molecular weight is 561 g/mol. The number of fused-ring (bicyclic) bond motifs is 1.